The molecule has 4 nitrogen and oxygen atoms in total. The van der Waals surface area contributed by atoms with Crippen LogP contribution in [0.2, 0.25) is 0 Å². The topological polar surface area (TPSA) is 51.0 Å². The summed E-state index contributed by atoms with van der Waals surface area (Å²) in [6, 6.07) is 2.00. The molecular formula is C12H14BrN3O. The molecule has 0 aliphatic carbocycles. The standard InChI is InChI=1S/C12H14BrN3O/c1-7-4-12(15-6-11(7)13)14-5-10-8(2)16-17-9(10)3/h4,6H,5H2,1-3H3,(H,14,15). The number of nitrogens with zero attached hydrogens (tertiary/aromatic N) is 2. The average Bonchev–Trinajstić information content (AvgIpc) is 2.61. The van der Waals surface area contributed by atoms with Gasteiger partial charge < -0.3 is 9.84 Å². The van der Waals surface area contributed by atoms with Crippen LogP contribution in [0.15, 0.2) is 21.3 Å². The second-order valence-electron chi connectivity index (χ2n) is 3.98. The SMILES string of the molecule is Cc1cc(NCc2c(C)noc2C)ncc1Br. The minimum atomic E-state index is 0.676. The number of hydrogen-bond acceptors (Lipinski definition) is 4. The Balaban J connectivity index is 2.10. The van der Waals surface area contributed by atoms with Crippen molar-refractivity contribution in [2.24, 2.45) is 0 Å². The molecule has 90 valence electrons. The van der Waals surface area contributed by atoms with Crippen molar-refractivity contribution in [2.75, 3.05) is 5.32 Å². The van der Waals surface area contributed by atoms with Gasteiger partial charge in [-0.1, -0.05) is 5.16 Å². The molecule has 0 radical (unpaired) electrons. The molecule has 5 heteroatoms. The summed E-state index contributed by atoms with van der Waals surface area (Å²) in [5.74, 6) is 1.70. The normalized spacial score (nSPS) is 10.6. The van der Waals surface area contributed by atoms with E-state index >= 15 is 0 Å². The van der Waals surface area contributed by atoms with Gasteiger partial charge in [0.1, 0.15) is 11.6 Å². The van der Waals surface area contributed by atoms with Crippen LogP contribution < -0.4 is 5.32 Å². The first-order valence-electron chi connectivity index (χ1n) is 5.35. The minimum absolute atomic E-state index is 0.676. The maximum atomic E-state index is 5.11. The van der Waals surface area contributed by atoms with Gasteiger partial charge in [0.15, 0.2) is 0 Å². The first-order valence-corrected chi connectivity index (χ1v) is 6.15. The minimum Gasteiger partial charge on any atom is -0.366 e. The molecule has 0 spiro atoms. The van der Waals surface area contributed by atoms with Gasteiger partial charge in [0, 0.05) is 22.8 Å². The van der Waals surface area contributed by atoms with E-state index in [9.17, 15) is 0 Å². The highest BCUT2D eigenvalue weighted by molar-refractivity contribution is 9.10. The van der Waals surface area contributed by atoms with Gasteiger partial charge in [0.2, 0.25) is 0 Å². The quantitative estimate of drug-likeness (QED) is 0.943. The summed E-state index contributed by atoms with van der Waals surface area (Å²) >= 11 is 3.43. The first kappa shape index (κ1) is 12.1. The number of rotatable bonds is 3. The lowest BCUT2D eigenvalue weighted by Gasteiger charge is -2.06. The number of aromatic nitrogens is 2. The van der Waals surface area contributed by atoms with E-state index in [0.717, 1.165) is 32.9 Å². The Morgan fingerprint density at radius 3 is 2.71 bits per heavy atom. The van der Waals surface area contributed by atoms with Crippen LogP contribution in [0, 0.1) is 20.8 Å². The van der Waals surface area contributed by atoms with Gasteiger partial charge in [-0.3, -0.25) is 0 Å². The van der Waals surface area contributed by atoms with Crippen LogP contribution in [0.4, 0.5) is 5.82 Å². The fourth-order valence-corrected chi connectivity index (χ4v) is 1.79. The number of hydrogen-bond donors (Lipinski definition) is 1. The molecule has 2 heterocycles. The monoisotopic (exact) mass is 295 g/mol. The molecule has 2 aromatic heterocycles. The Hall–Kier alpha value is -1.36. The number of nitrogens with one attached hydrogen (secondary N) is 1. The van der Waals surface area contributed by atoms with Gasteiger partial charge in [-0.25, -0.2) is 4.98 Å². The van der Waals surface area contributed by atoms with Crippen LogP contribution in [-0.4, -0.2) is 10.1 Å². The third-order valence-corrected chi connectivity index (χ3v) is 3.50. The third-order valence-electron chi connectivity index (χ3n) is 2.67. The second kappa shape index (κ2) is 4.87. The van der Waals surface area contributed by atoms with Crippen molar-refractivity contribution in [3.63, 3.8) is 0 Å². The van der Waals surface area contributed by atoms with Crippen LogP contribution in [-0.2, 0) is 6.54 Å². The third kappa shape index (κ3) is 2.66. The summed E-state index contributed by atoms with van der Waals surface area (Å²) in [5.41, 5.74) is 3.16. The molecule has 0 bridgehead atoms. The zero-order valence-corrected chi connectivity index (χ0v) is 11.6. The average molecular weight is 296 g/mol. The molecule has 0 aliphatic heterocycles. The van der Waals surface area contributed by atoms with Crippen molar-refractivity contribution in [3.05, 3.63) is 39.3 Å². The van der Waals surface area contributed by atoms with E-state index in [1.54, 1.807) is 6.20 Å². The molecular weight excluding hydrogens is 282 g/mol. The molecule has 2 rings (SSSR count). The Morgan fingerprint density at radius 1 is 1.35 bits per heavy atom. The van der Waals surface area contributed by atoms with E-state index in [2.05, 4.69) is 31.4 Å². The highest BCUT2D eigenvalue weighted by Gasteiger charge is 2.08. The lowest BCUT2D eigenvalue weighted by molar-refractivity contribution is 0.392. The second-order valence-corrected chi connectivity index (χ2v) is 4.83. The number of aryl methyl sites for hydroxylation is 3. The molecule has 0 aliphatic rings. The van der Waals surface area contributed by atoms with Crippen molar-refractivity contribution in [1.82, 2.24) is 10.1 Å². The van der Waals surface area contributed by atoms with E-state index in [-0.39, 0.29) is 0 Å². The molecule has 2 aromatic rings. The zero-order valence-electron chi connectivity index (χ0n) is 10.0. The van der Waals surface area contributed by atoms with E-state index in [1.165, 1.54) is 0 Å². The predicted molar refractivity (Wildman–Crippen MR) is 70.0 cm³/mol. The van der Waals surface area contributed by atoms with Crippen molar-refractivity contribution < 1.29 is 4.52 Å². The zero-order chi connectivity index (χ0) is 12.4. The van der Waals surface area contributed by atoms with Gasteiger partial charge in [-0.15, -0.1) is 0 Å². The highest BCUT2D eigenvalue weighted by atomic mass is 79.9. The first-order chi connectivity index (χ1) is 8.08. The largest absolute Gasteiger partial charge is 0.366 e. The van der Waals surface area contributed by atoms with Crippen molar-refractivity contribution in [2.45, 2.75) is 27.3 Å². The molecule has 0 aromatic carbocycles. The summed E-state index contributed by atoms with van der Waals surface area (Å²) in [5, 5.41) is 7.18. The maximum absolute atomic E-state index is 5.11. The highest BCUT2D eigenvalue weighted by Crippen LogP contribution is 2.19. The summed E-state index contributed by atoms with van der Waals surface area (Å²) in [4.78, 5) is 4.29. The Labute approximate surface area is 109 Å². The summed E-state index contributed by atoms with van der Waals surface area (Å²) < 4.78 is 6.12. The molecule has 1 N–H and O–H groups in total. The fourth-order valence-electron chi connectivity index (χ4n) is 1.57. The lowest BCUT2D eigenvalue weighted by atomic mass is 10.2. The number of halogens is 1. The van der Waals surface area contributed by atoms with Crippen molar-refractivity contribution >= 4 is 21.7 Å². The van der Waals surface area contributed by atoms with E-state index < -0.39 is 0 Å². The van der Waals surface area contributed by atoms with Crippen LogP contribution in [0.1, 0.15) is 22.6 Å². The molecule has 0 fully saturated rings. The molecule has 17 heavy (non-hydrogen) atoms. The lowest BCUT2D eigenvalue weighted by Crippen LogP contribution is -2.03. The predicted octanol–water partition coefficient (Wildman–Crippen LogP) is 3.37. The molecule has 0 unspecified atom stereocenters. The molecule has 0 atom stereocenters. The van der Waals surface area contributed by atoms with Crippen molar-refractivity contribution in [3.8, 4) is 0 Å². The number of anilines is 1. The fraction of sp³-hybridized carbons (Fsp3) is 0.333. The van der Waals surface area contributed by atoms with Gasteiger partial charge in [-0.05, 0) is 48.3 Å². The Morgan fingerprint density at radius 2 is 2.12 bits per heavy atom. The van der Waals surface area contributed by atoms with E-state index in [4.69, 9.17) is 4.52 Å². The molecule has 0 amide bonds. The van der Waals surface area contributed by atoms with Crippen LogP contribution >= 0.6 is 15.9 Å². The smallest absolute Gasteiger partial charge is 0.138 e. The van der Waals surface area contributed by atoms with E-state index in [0.29, 0.717) is 6.54 Å². The molecule has 0 saturated carbocycles. The van der Waals surface area contributed by atoms with Crippen LogP contribution in [0.5, 0.6) is 0 Å². The Bertz CT molecular complexity index is 517. The maximum Gasteiger partial charge on any atom is 0.138 e. The van der Waals surface area contributed by atoms with Gasteiger partial charge in [0.05, 0.1) is 5.69 Å². The molecule has 0 saturated heterocycles. The summed E-state index contributed by atoms with van der Waals surface area (Å²) in [6.07, 6.45) is 1.80. The summed E-state index contributed by atoms with van der Waals surface area (Å²) in [7, 11) is 0. The summed E-state index contributed by atoms with van der Waals surface area (Å²) in [6.45, 7) is 6.56. The van der Waals surface area contributed by atoms with E-state index in [1.807, 2.05) is 26.8 Å². The number of pyridine rings is 1. The van der Waals surface area contributed by atoms with Gasteiger partial charge in [0.25, 0.3) is 0 Å². The van der Waals surface area contributed by atoms with Crippen LogP contribution in [0.3, 0.4) is 0 Å². The van der Waals surface area contributed by atoms with Crippen LogP contribution in [0.25, 0.3) is 0 Å². The van der Waals surface area contributed by atoms with Gasteiger partial charge in [-0.2, -0.15) is 0 Å². The van der Waals surface area contributed by atoms with Gasteiger partial charge >= 0.3 is 0 Å². The van der Waals surface area contributed by atoms with Crippen molar-refractivity contribution in [1.29, 1.82) is 0 Å². The Kier molecular flexibility index (Phi) is 3.47.